The van der Waals surface area contributed by atoms with Gasteiger partial charge in [0.1, 0.15) is 0 Å². The molecule has 0 saturated heterocycles. The number of nitrogens with one attached hydrogen (secondary N) is 1. The van der Waals surface area contributed by atoms with E-state index >= 15 is 0 Å². The van der Waals surface area contributed by atoms with Gasteiger partial charge in [-0.3, -0.25) is 13.8 Å². The molecule has 1 aliphatic rings. The topological polar surface area (TPSA) is 83.5 Å². The Kier molecular flexibility index (Phi) is 5.11. The van der Waals surface area contributed by atoms with Gasteiger partial charge in [-0.2, -0.15) is 0 Å². The average molecular weight is 261 g/mol. The minimum Gasteiger partial charge on any atom is -0.481 e. The van der Waals surface area contributed by atoms with Crippen LogP contribution in [0.1, 0.15) is 26.2 Å². The van der Waals surface area contributed by atoms with Crippen LogP contribution in [0.5, 0.6) is 0 Å². The summed E-state index contributed by atoms with van der Waals surface area (Å²) in [5, 5.41) is 11.6. The predicted octanol–water partition coefficient (Wildman–Crippen LogP) is 0.370. The molecular formula is C11H19NO4S. The zero-order chi connectivity index (χ0) is 13.0. The summed E-state index contributed by atoms with van der Waals surface area (Å²) in [6.07, 6.45) is 3.58. The van der Waals surface area contributed by atoms with Crippen molar-refractivity contribution in [1.82, 2.24) is 5.32 Å². The van der Waals surface area contributed by atoms with Gasteiger partial charge in [0.05, 0.1) is 11.8 Å². The van der Waals surface area contributed by atoms with E-state index in [4.69, 9.17) is 5.11 Å². The molecule has 4 unspecified atom stereocenters. The Morgan fingerprint density at radius 1 is 1.41 bits per heavy atom. The minimum absolute atomic E-state index is 0.108. The molecule has 0 heterocycles. The number of rotatable bonds is 5. The molecule has 0 aromatic heterocycles. The molecular weight excluding hydrogens is 242 g/mol. The number of carbonyl (C=O) groups excluding carboxylic acids is 1. The highest BCUT2D eigenvalue weighted by Crippen LogP contribution is 2.31. The molecule has 0 radical (unpaired) electrons. The maximum absolute atomic E-state index is 11.8. The normalized spacial score (nSPS) is 27.4. The van der Waals surface area contributed by atoms with Gasteiger partial charge in [-0.15, -0.1) is 0 Å². The van der Waals surface area contributed by atoms with Crippen LogP contribution in [0.2, 0.25) is 0 Å². The quantitative estimate of drug-likeness (QED) is 0.749. The van der Waals surface area contributed by atoms with Crippen LogP contribution in [-0.4, -0.2) is 39.2 Å². The van der Waals surface area contributed by atoms with E-state index in [1.54, 1.807) is 13.2 Å². The van der Waals surface area contributed by atoms with Gasteiger partial charge in [0.15, 0.2) is 0 Å². The Balaban J connectivity index is 2.47. The van der Waals surface area contributed by atoms with Crippen molar-refractivity contribution < 1.29 is 18.9 Å². The number of amides is 1. The van der Waals surface area contributed by atoms with Crippen molar-refractivity contribution in [2.75, 3.05) is 12.8 Å². The standard InChI is InChI=1S/C11H19NO4S/c1-7(17(2)16)6-12-10(13)8-4-3-5-9(8)11(14)15/h7-9H,3-6H2,1-2H3,(H,12,13)(H,14,15). The number of carboxylic acids is 1. The van der Waals surface area contributed by atoms with Crippen LogP contribution < -0.4 is 5.32 Å². The molecule has 6 heteroatoms. The Labute approximate surface area is 103 Å². The molecule has 1 aliphatic carbocycles. The summed E-state index contributed by atoms with van der Waals surface area (Å²) in [6.45, 7) is 2.13. The van der Waals surface area contributed by atoms with E-state index in [1.807, 2.05) is 0 Å². The second-order valence-corrected chi connectivity index (χ2v) is 6.34. The van der Waals surface area contributed by atoms with Crippen LogP contribution >= 0.6 is 0 Å². The zero-order valence-corrected chi connectivity index (χ0v) is 11.0. The highest BCUT2D eigenvalue weighted by molar-refractivity contribution is 7.84. The van der Waals surface area contributed by atoms with Crippen molar-refractivity contribution in [3.63, 3.8) is 0 Å². The summed E-state index contributed by atoms with van der Waals surface area (Å²) < 4.78 is 11.1. The van der Waals surface area contributed by atoms with Gasteiger partial charge in [0.25, 0.3) is 0 Å². The first-order chi connectivity index (χ1) is 7.93. The Hall–Kier alpha value is -0.910. The molecule has 5 nitrogen and oxygen atoms in total. The summed E-state index contributed by atoms with van der Waals surface area (Å²) in [6, 6.07) is 0. The lowest BCUT2D eigenvalue weighted by atomic mass is 9.95. The van der Waals surface area contributed by atoms with Gasteiger partial charge >= 0.3 is 5.97 Å². The molecule has 1 fully saturated rings. The first-order valence-electron chi connectivity index (χ1n) is 5.76. The molecule has 0 aromatic carbocycles. The lowest BCUT2D eigenvalue weighted by Crippen LogP contribution is -2.39. The first kappa shape index (κ1) is 14.2. The van der Waals surface area contributed by atoms with E-state index in [0.717, 1.165) is 6.42 Å². The van der Waals surface area contributed by atoms with Gasteiger partial charge in [0.2, 0.25) is 5.91 Å². The Morgan fingerprint density at radius 2 is 2.00 bits per heavy atom. The van der Waals surface area contributed by atoms with Crippen molar-refractivity contribution in [2.24, 2.45) is 11.8 Å². The van der Waals surface area contributed by atoms with Crippen LogP contribution in [0.15, 0.2) is 0 Å². The van der Waals surface area contributed by atoms with E-state index in [0.29, 0.717) is 19.4 Å². The molecule has 0 bridgehead atoms. The van der Waals surface area contributed by atoms with Crippen LogP contribution in [0, 0.1) is 11.8 Å². The van der Waals surface area contributed by atoms with Crippen LogP contribution in [0.25, 0.3) is 0 Å². The van der Waals surface area contributed by atoms with Gasteiger partial charge in [-0.05, 0) is 19.8 Å². The summed E-state index contributed by atoms with van der Waals surface area (Å²) in [4.78, 5) is 22.7. The Morgan fingerprint density at radius 3 is 2.53 bits per heavy atom. The number of carbonyl (C=O) groups is 2. The smallest absolute Gasteiger partial charge is 0.307 e. The highest BCUT2D eigenvalue weighted by atomic mass is 32.2. The van der Waals surface area contributed by atoms with E-state index in [9.17, 15) is 13.8 Å². The SMILES string of the molecule is CC(CNC(=O)C1CCCC1C(=O)O)S(C)=O. The van der Waals surface area contributed by atoms with E-state index in [2.05, 4.69) is 5.32 Å². The van der Waals surface area contributed by atoms with Crippen molar-refractivity contribution in [3.8, 4) is 0 Å². The van der Waals surface area contributed by atoms with Gasteiger partial charge < -0.3 is 10.4 Å². The van der Waals surface area contributed by atoms with E-state index in [1.165, 1.54) is 0 Å². The first-order valence-corrected chi connectivity index (χ1v) is 7.38. The fourth-order valence-electron chi connectivity index (χ4n) is 2.06. The molecule has 1 saturated carbocycles. The Bertz CT molecular complexity index is 331. The number of carboxylic acid groups (broad SMARTS) is 1. The lowest BCUT2D eigenvalue weighted by Gasteiger charge is -2.17. The van der Waals surface area contributed by atoms with E-state index < -0.39 is 28.6 Å². The van der Waals surface area contributed by atoms with Crippen LogP contribution in [0.3, 0.4) is 0 Å². The average Bonchev–Trinajstić information content (AvgIpc) is 2.73. The fourth-order valence-corrected chi connectivity index (χ4v) is 2.38. The fraction of sp³-hybridized carbons (Fsp3) is 0.818. The number of hydrogen-bond acceptors (Lipinski definition) is 3. The number of aliphatic carboxylic acids is 1. The molecule has 2 N–H and O–H groups in total. The molecule has 0 spiro atoms. The molecule has 0 aliphatic heterocycles. The van der Waals surface area contributed by atoms with Gasteiger partial charge in [-0.1, -0.05) is 6.42 Å². The maximum atomic E-state index is 11.8. The predicted molar refractivity (Wildman–Crippen MR) is 65.0 cm³/mol. The van der Waals surface area contributed by atoms with Crippen molar-refractivity contribution in [1.29, 1.82) is 0 Å². The van der Waals surface area contributed by atoms with E-state index in [-0.39, 0.29) is 11.2 Å². The summed E-state index contributed by atoms with van der Waals surface area (Å²) in [5.41, 5.74) is 0. The van der Waals surface area contributed by atoms with Crippen LogP contribution in [0.4, 0.5) is 0 Å². The van der Waals surface area contributed by atoms with Crippen molar-refractivity contribution >= 4 is 22.7 Å². The molecule has 17 heavy (non-hydrogen) atoms. The third-order valence-corrected chi connectivity index (χ3v) is 4.60. The molecule has 1 amide bonds. The lowest BCUT2D eigenvalue weighted by molar-refractivity contribution is -0.146. The molecule has 4 atom stereocenters. The zero-order valence-electron chi connectivity index (χ0n) is 10.1. The van der Waals surface area contributed by atoms with Gasteiger partial charge in [-0.25, -0.2) is 0 Å². The van der Waals surface area contributed by atoms with Crippen LogP contribution in [-0.2, 0) is 20.4 Å². The maximum Gasteiger partial charge on any atom is 0.307 e. The second-order valence-electron chi connectivity index (χ2n) is 4.54. The second kappa shape index (κ2) is 6.14. The molecule has 98 valence electrons. The molecule has 1 rings (SSSR count). The summed E-state index contributed by atoms with van der Waals surface area (Å²) in [5.74, 6) is -2.09. The number of hydrogen-bond donors (Lipinski definition) is 2. The highest BCUT2D eigenvalue weighted by Gasteiger charge is 2.37. The third-order valence-electron chi connectivity index (χ3n) is 3.30. The monoisotopic (exact) mass is 261 g/mol. The summed E-state index contributed by atoms with van der Waals surface area (Å²) in [7, 11) is -0.977. The minimum atomic E-state index is -0.977. The van der Waals surface area contributed by atoms with Gasteiger partial charge in [0, 0.05) is 28.9 Å². The van der Waals surface area contributed by atoms with Crippen molar-refractivity contribution in [3.05, 3.63) is 0 Å². The third kappa shape index (κ3) is 3.80. The summed E-state index contributed by atoms with van der Waals surface area (Å²) >= 11 is 0. The van der Waals surface area contributed by atoms with Crippen molar-refractivity contribution in [2.45, 2.75) is 31.4 Å². The largest absolute Gasteiger partial charge is 0.481 e. The molecule has 0 aromatic rings.